The van der Waals surface area contributed by atoms with Crippen molar-refractivity contribution in [2.45, 2.75) is 13.8 Å². The second kappa shape index (κ2) is 3.89. The van der Waals surface area contributed by atoms with Crippen LogP contribution in [0, 0.1) is 25.2 Å². The van der Waals surface area contributed by atoms with Gasteiger partial charge in [-0.15, -0.1) is 21.5 Å². The molecule has 0 atom stereocenters. The molecule has 0 spiro atoms. The summed E-state index contributed by atoms with van der Waals surface area (Å²) in [6, 6.07) is 5.57. The summed E-state index contributed by atoms with van der Waals surface area (Å²) in [6.07, 6.45) is 1.82. The Kier molecular flexibility index (Phi) is 2.35. The summed E-state index contributed by atoms with van der Waals surface area (Å²) in [5.74, 6) is 0.776. The van der Waals surface area contributed by atoms with Crippen molar-refractivity contribution in [2.75, 3.05) is 0 Å². The van der Waals surface area contributed by atoms with Crippen LogP contribution in [-0.2, 0) is 0 Å². The van der Waals surface area contributed by atoms with Crippen LogP contribution in [0.3, 0.4) is 0 Å². The Morgan fingerprint density at radius 2 is 2.17 bits per heavy atom. The third kappa shape index (κ3) is 1.57. The number of aryl methyl sites for hydroxylation is 2. The third-order valence-corrected chi connectivity index (χ3v) is 3.71. The van der Waals surface area contributed by atoms with E-state index in [9.17, 15) is 0 Å². The van der Waals surface area contributed by atoms with Gasteiger partial charge in [-0.3, -0.25) is 4.40 Å². The first-order valence-corrected chi connectivity index (χ1v) is 6.20. The Morgan fingerprint density at radius 1 is 1.33 bits per heavy atom. The highest BCUT2D eigenvalue weighted by Gasteiger charge is 2.14. The molecule has 0 saturated heterocycles. The van der Waals surface area contributed by atoms with Crippen molar-refractivity contribution in [3.8, 4) is 16.8 Å². The van der Waals surface area contributed by atoms with Crippen LogP contribution in [0.2, 0.25) is 0 Å². The lowest BCUT2D eigenvalue weighted by molar-refractivity contribution is 1.10. The van der Waals surface area contributed by atoms with Crippen LogP contribution in [0.25, 0.3) is 16.3 Å². The van der Waals surface area contributed by atoms with Crippen LogP contribution in [0.15, 0.2) is 18.3 Å². The van der Waals surface area contributed by atoms with Gasteiger partial charge in [0.05, 0.1) is 27.2 Å². The minimum atomic E-state index is 0.582. The average Bonchev–Trinajstić information content (AvgIpc) is 2.91. The predicted octanol–water partition coefficient (Wildman–Crippen LogP) is 2.34. The van der Waals surface area contributed by atoms with Crippen molar-refractivity contribution >= 4 is 17.0 Å². The molecule has 0 aliphatic heterocycles. The molecule has 3 aromatic heterocycles. The molecule has 0 aromatic carbocycles. The molecule has 88 valence electrons. The zero-order valence-corrected chi connectivity index (χ0v) is 10.7. The van der Waals surface area contributed by atoms with Crippen LogP contribution in [0.4, 0.5) is 0 Å². The maximum Gasteiger partial charge on any atom is 0.180 e. The first-order chi connectivity index (χ1) is 8.69. The van der Waals surface area contributed by atoms with Crippen molar-refractivity contribution in [1.29, 1.82) is 5.26 Å². The molecule has 0 unspecified atom stereocenters. The normalized spacial score (nSPS) is 10.7. The minimum Gasteiger partial charge on any atom is -0.282 e. The van der Waals surface area contributed by atoms with E-state index in [1.165, 1.54) is 0 Å². The van der Waals surface area contributed by atoms with Gasteiger partial charge in [-0.05, 0) is 19.9 Å². The van der Waals surface area contributed by atoms with Gasteiger partial charge < -0.3 is 0 Å². The Morgan fingerprint density at radius 3 is 2.83 bits per heavy atom. The molecule has 0 N–H and O–H groups in total. The fourth-order valence-electron chi connectivity index (χ4n) is 1.85. The number of rotatable bonds is 1. The number of fused-ring (bicyclic) bond motifs is 1. The average molecular weight is 255 g/mol. The first kappa shape index (κ1) is 10.9. The number of thiazole rings is 1. The van der Waals surface area contributed by atoms with Crippen LogP contribution in [0.1, 0.15) is 16.3 Å². The number of aromatic nitrogens is 4. The van der Waals surface area contributed by atoms with E-state index >= 15 is 0 Å². The number of hydrogen-bond donors (Lipinski definition) is 0. The van der Waals surface area contributed by atoms with E-state index in [1.54, 1.807) is 23.5 Å². The van der Waals surface area contributed by atoms with Crippen molar-refractivity contribution in [3.63, 3.8) is 0 Å². The van der Waals surface area contributed by atoms with E-state index in [4.69, 9.17) is 5.26 Å². The smallest absolute Gasteiger partial charge is 0.180 e. The van der Waals surface area contributed by atoms with Gasteiger partial charge in [0.25, 0.3) is 0 Å². The molecule has 5 nitrogen and oxygen atoms in total. The van der Waals surface area contributed by atoms with Gasteiger partial charge >= 0.3 is 0 Å². The lowest BCUT2D eigenvalue weighted by Crippen LogP contribution is -1.89. The topological polar surface area (TPSA) is 66.9 Å². The van der Waals surface area contributed by atoms with Gasteiger partial charge in [-0.1, -0.05) is 0 Å². The van der Waals surface area contributed by atoms with E-state index in [0.717, 1.165) is 21.4 Å². The molecule has 3 aromatic rings. The van der Waals surface area contributed by atoms with E-state index in [-0.39, 0.29) is 0 Å². The van der Waals surface area contributed by atoms with E-state index < -0.39 is 0 Å². The lowest BCUT2D eigenvalue weighted by atomic mass is 10.3. The van der Waals surface area contributed by atoms with Gasteiger partial charge in [-0.25, -0.2) is 4.98 Å². The quantitative estimate of drug-likeness (QED) is 0.669. The summed E-state index contributed by atoms with van der Waals surface area (Å²) in [4.78, 5) is 5.41. The Labute approximate surface area is 107 Å². The van der Waals surface area contributed by atoms with Crippen molar-refractivity contribution in [2.24, 2.45) is 0 Å². The third-order valence-electron chi connectivity index (χ3n) is 2.65. The summed E-state index contributed by atoms with van der Waals surface area (Å²) in [6.45, 7) is 3.93. The maximum atomic E-state index is 8.85. The van der Waals surface area contributed by atoms with Gasteiger partial charge in [0.15, 0.2) is 11.5 Å². The molecular formula is C12H9N5S. The standard InChI is InChI=1S/C12H9N5S/c1-7-11(18-8(2)14-7)12-16-15-10-5-9(6-13)3-4-17(10)12/h3-5H,1-2H3. The van der Waals surface area contributed by atoms with E-state index in [0.29, 0.717) is 11.2 Å². The molecule has 0 aliphatic carbocycles. The highest BCUT2D eigenvalue weighted by atomic mass is 32.1. The molecule has 0 bridgehead atoms. The molecule has 18 heavy (non-hydrogen) atoms. The van der Waals surface area contributed by atoms with E-state index in [1.807, 2.05) is 24.4 Å². The fraction of sp³-hybridized carbons (Fsp3) is 0.167. The molecule has 0 fully saturated rings. The monoisotopic (exact) mass is 255 g/mol. The summed E-state index contributed by atoms with van der Waals surface area (Å²) < 4.78 is 1.88. The van der Waals surface area contributed by atoms with Crippen LogP contribution in [0.5, 0.6) is 0 Å². The second-order valence-corrected chi connectivity index (χ2v) is 5.13. The zero-order valence-electron chi connectivity index (χ0n) is 9.88. The highest BCUT2D eigenvalue weighted by Crippen LogP contribution is 2.28. The second-order valence-electron chi connectivity index (χ2n) is 3.93. The summed E-state index contributed by atoms with van der Waals surface area (Å²) >= 11 is 1.60. The van der Waals surface area contributed by atoms with Gasteiger partial charge in [0, 0.05) is 12.3 Å². The molecule has 6 heteroatoms. The highest BCUT2D eigenvalue weighted by molar-refractivity contribution is 7.15. The summed E-state index contributed by atoms with van der Waals surface area (Å²) in [5, 5.41) is 18.1. The molecule has 0 amide bonds. The van der Waals surface area contributed by atoms with E-state index in [2.05, 4.69) is 21.3 Å². The summed E-state index contributed by atoms with van der Waals surface area (Å²) in [5.41, 5.74) is 2.21. The Hall–Kier alpha value is -2.26. The van der Waals surface area contributed by atoms with Crippen LogP contribution in [-0.4, -0.2) is 19.6 Å². The fourth-order valence-corrected chi connectivity index (χ4v) is 2.76. The molecule has 0 aliphatic rings. The Bertz CT molecular complexity index is 777. The SMILES string of the molecule is Cc1nc(C)c(-c2nnc3cc(C#N)ccn23)s1. The van der Waals surface area contributed by atoms with Crippen molar-refractivity contribution in [3.05, 3.63) is 34.6 Å². The molecule has 3 heterocycles. The minimum absolute atomic E-state index is 0.582. The van der Waals surface area contributed by atoms with Crippen molar-refractivity contribution in [1.82, 2.24) is 19.6 Å². The van der Waals surface area contributed by atoms with Crippen LogP contribution >= 0.6 is 11.3 Å². The number of nitrogens with zero attached hydrogens (tertiary/aromatic N) is 5. The Balaban J connectivity index is 2.25. The lowest BCUT2D eigenvalue weighted by Gasteiger charge is -1.97. The number of nitriles is 1. The summed E-state index contributed by atoms with van der Waals surface area (Å²) in [7, 11) is 0. The molecule has 0 radical (unpaired) electrons. The van der Waals surface area contributed by atoms with Crippen molar-refractivity contribution < 1.29 is 0 Å². The molecule has 3 rings (SSSR count). The van der Waals surface area contributed by atoms with Gasteiger partial charge in [0.1, 0.15) is 0 Å². The number of hydrogen-bond acceptors (Lipinski definition) is 5. The zero-order chi connectivity index (χ0) is 12.7. The first-order valence-electron chi connectivity index (χ1n) is 5.38. The van der Waals surface area contributed by atoms with Gasteiger partial charge in [0.2, 0.25) is 0 Å². The molecule has 0 saturated carbocycles. The largest absolute Gasteiger partial charge is 0.282 e. The van der Waals surface area contributed by atoms with Gasteiger partial charge in [-0.2, -0.15) is 5.26 Å². The predicted molar refractivity (Wildman–Crippen MR) is 68.3 cm³/mol. The van der Waals surface area contributed by atoms with Crippen LogP contribution < -0.4 is 0 Å². The number of pyridine rings is 1. The molecular weight excluding hydrogens is 246 g/mol. The maximum absolute atomic E-state index is 8.85.